The van der Waals surface area contributed by atoms with E-state index in [2.05, 4.69) is 30.1 Å². The number of nitrogens with zero attached hydrogens (tertiary/aromatic N) is 3. The minimum atomic E-state index is -0.0301. The number of nitrogens with two attached hydrogens (primary N) is 1. The number of fused-ring (bicyclic) bond motifs is 1. The normalized spacial score (nSPS) is 17.6. The number of rotatable bonds is 2. The number of likely N-dealkylation sites (tertiary alicyclic amines) is 1. The van der Waals surface area contributed by atoms with Gasteiger partial charge in [0.15, 0.2) is 0 Å². The lowest BCUT2D eigenvalue weighted by Gasteiger charge is -2.16. The van der Waals surface area contributed by atoms with Crippen LogP contribution in [-0.4, -0.2) is 40.1 Å². The van der Waals surface area contributed by atoms with Crippen molar-refractivity contribution in [2.75, 3.05) is 13.1 Å². The van der Waals surface area contributed by atoms with E-state index < -0.39 is 0 Å². The lowest BCUT2D eigenvalue weighted by Crippen LogP contribution is -2.32. The van der Waals surface area contributed by atoms with Crippen LogP contribution in [0.15, 0.2) is 16.7 Å². The molecule has 0 unspecified atom stereocenters. The van der Waals surface area contributed by atoms with Crippen LogP contribution in [0.3, 0.4) is 0 Å². The number of hydrogen-bond donors (Lipinski definition) is 1. The van der Waals surface area contributed by atoms with Crippen LogP contribution in [0, 0.1) is 20.8 Å². The molecule has 25 heavy (non-hydrogen) atoms. The van der Waals surface area contributed by atoms with Crippen molar-refractivity contribution in [1.82, 2.24) is 15.0 Å². The van der Waals surface area contributed by atoms with Gasteiger partial charge in [0.1, 0.15) is 0 Å². The molecule has 1 aliphatic heterocycles. The number of aryl methyl sites for hydroxylation is 3. The highest BCUT2D eigenvalue weighted by Crippen LogP contribution is 2.33. The fraction of sp³-hybridized carbons (Fsp3) is 0.389. The summed E-state index contributed by atoms with van der Waals surface area (Å²) in [6.45, 7) is 7.22. The Kier molecular flexibility index (Phi) is 3.85. The number of pyridine rings is 1. The molecule has 1 atom stereocenters. The molecule has 1 fully saturated rings. The Morgan fingerprint density at radius 1 is 1.36 bits per heavy atom. The van der Waals surface area contributed by atoms with Gasteiger partial charge in [-0.25, -0.2) is 4.98 Å². The first-order valence-corrected chi connectivity index (χ1v) is 9.15. The number of carbonyl (C=O) groups is 1. The second-order valence-electron chi connectivity index (χ2n) is 6.63. The highest BCUT2D eigenvalue weighted by atomic mass is 32.1. The summed E-state index contributed by atoms with van der Waals surface area (Å²) in [5.74, 6) is -0.0301. The molecule has 4 heterocycles. The van der Waals surface area contributed by atoms with E-state index in [4.69, 9.17) is 10.3 Å². The first-order valence-electron chi connectivity index (χ1n) is 8.33. The highest BCUT2D eigenvalue weighted by Gasteiger charge is 2.28. The highest BCUT2D eigenvalue weighted by molar-refractivity contribution is 7.12. The van der Waals surface area contributed by atoms with Crippen molar-refractivity contribution in [3.8, 4) is 11.3 Å². The summed E-state index contributed by atoms with van der Waals surface area (Å²) >= 11 is 1.72. The monoisotopic (exact) mass is 356 g/mol. The van der Waals surface area contributed by atoms with Crippen molar-refractivity contribution < 1.29 is 9.32 Å². The number of amides is 1. The second kappa shape index (κ2) is 5.93. The Morgan fingerprint density at radius 2 is 2.16 bits per heavy atom. The molecule has 0 aromatic carbocycles. The van der Waals surface area contributed by atoms with Crippen molar-refractivity contribution in [1.29, 1.82) is 0 Å². The van der Waals surface area contributed by atoms with E-state index in [1.165, 1.54) is 9.75 Å². The zero-order chi connectivity index (χ0) is 17.7. The Balaban J connectivity index is 1.88. The summed E-state index contributed by atoms with van der Waals surface area (Å²) in [7, 11) is 0. The summed E-state index contributed by atoms with van der Waals surface area (Å²) < 4.78 is 5.38. The molecule has 130 valence electrons. The molecule has 7 heteroatoms. The van der Waals surface area contributed by atoms with E-state index in [1.54, 1.807) is 16.2 Å². The van der Waals surface area contributed by atoms with Gasteiger partial charge in [0, 0.05) is 34.4 Å². The lowest BCUT2D eigenvalue weighted by atomic mass is 10.0. The SMILES string of the molecule is Cc1cc(-c2cc(C(=O)N3CC[C@@H](N)C3)c3c(C)noc3n2)c(C)s1. The molecular weight excluding hydrogens is 336 g/mol. The summed E-state index contributed by atoms with van der Waals surface area (Å²) in [4.78, 5) is 21.9. The van der Waals surface area contributed by atoms with E-state index in [0.29, 0.717) is 35.4 Å². The van der Waals surface area contributed by atoms with Crippen LogP contribution >= 0.6 is 11.3 Å². The van der Waals surface area contributed by atoms with Gasteiger partial charge < -0.3 is 15.2 Å². The van der Waals surface area contributed by atoms with Gasteiger partial charge in [0.05, 0.1) is 22.3 Å². The maximum absolute atomic E-state index is 13.1. The van der Waals surface area contributed by atoms with Gasteiger partial charge in [-0.1, -0.05) is 5.16 Å². The van der Waals surface area contributed by atoms with Gasteiger partial charge in [0.25, 0.3) is 11.6 Å². The topological polar surface area (TPSA) is 85.2 Å². The number of thiophene rings is 1. The predicted molar refractivity (Wildman–Crippen MR) is 97.8 cm³/mol. The molecular formula is C18H20N4O2S. The molecule has 0 radical (unpaired) electrons. The third-order valence-corrected chi connectivity index (χ3v) is 5.64. The predicted octanol–water partition coefficient (Wildman–Crippen LogP) is 3.05. The minimum absolute atomic E-state index is 0.0301. The third kappa shape index (κ3) is 2.73. The molecule has 2 N–H and O–H groups in total. The van der Waals surface area contributed by atoms with Gasteiger partial charge >= 0.3 is 0 Å². The van der Waals surface area contributed by atoms with Crippen LogP contribution in [0.2, 0.25) is 0 Å². The van der Waals surface area contributed by atoms with Crippen molar-refractivity contribution in [3.05, 3.63) is 33.1 Å². The molecule has 0 saturated carbocycles. The summed E-state index contributed by atoms with van der Waals surface area (Å²) in [6.07, 6.45) is 0.832. The smallest absolute Gasteiger partial charge is 0.259 e. The van der Waals surface area contributed by atoms with Crippen LogP contribution in [0.5, 0.6) is 0 Å². The first-order chi connectivity index (χ1) is 11.9. The summed E-state index contributed by atoms with van der Waals surface area (Å²) in [5.41, 5.74) is 9.43. The van der Waals surface area contributed by atoms with Gasteiger partial charge in [-0.3, -0.25) is 4.79 Å². The van der Waals surface area contributed by atoms with E-state index in [9.17, 15) is 4.79 Å². The van der Waals surface area contributed by atoms with Gasteiger partial charge in [0.2, 0.25) is 0 Å². The first kappa shape index (κ1) is 16.2. The molecule has 0 spiro atoms. The molecule has 1 saturated heterocycles. The average Bonchev–Trinajstić information content (AvgIpc) is 3.26. The fourth-order valence-corrected chi connectivity index (χ4v) is 4.36. The number of hydrogen-bond acceptors (Lipinski definition) is 6. The maximum Gasteiger partial charge on any atom is 0.259 e. The molecule has 4 rings (SSSR count). The molecule has 0 aliphatic carbocycles. The standard InChI is InChI=1S/C18H20N4O2S/c1-9-6-13(11(3)25-9)15-7-14(16-10(2)21-24-17(16)20-15)18(23)22-5-4-12(19)8-22/h6-7,12H,4-5,8,19H2,1-3H3/t12-/m1/s1. The van der Waals surface area contributed by atoms with Crippen LogP contribution in [0.1, 0.15) is 32.2 Å². The third-order valence-electron chi connectivity index (χ3n) is 4.68. The number of aromatic nitrogens is 2. The van der Waals surface area contributed by atoms with Gasteiger partial charge in [-0.2, -0.15) is 0 Å². The molecule has 6 nitrogen and oxygen atoms in total. The van der Waals surface area contributed by atoms with E-state index >= 15 is 0 Å². The zero-order valence-corrected chi connectivity index (χ0v) is 15.3. The molecule has 3 aromatic heterocycles. The Hall–Kier alpha value is -2.25. The fourth-order valence-electron chi connectivity index (χ4n) is 3.43. The van der Waals surface area contributed by atoms with Crippen molar-refractivity contribution in [2.24, 2.45) is 5.73 Å². The Bertz CT molecular complexity index is 975. The van der Waals surface area contributed by atoms with Crippen LogP contribution in [0.25, 0.3) is 22.4 Å². The lowest BCUT2D eigenvalue weighted by molar-refractivity contribution is 0.0792. The largest absolute Gasteiger partial charge is 0.337 e. The summed E-state index contributed by atoms with van der Waals surface area (Å²) in [5, 5.41) is 4.71. The van der Waals surface area contributed by atoms with Crippen LogP contribution < -0.4 is 5.73 Å². The second-order valence-corrected chi connectivity index (χ2v) is 8.09. The van der Waals surface area contributed by atoms with E-state index in [1.807, 2.05) is 13.0 Å². The summed E-state index contributed by atoms with van der Waals surface area (Å²) in [6, 6.07) is 4.01. The zero-order valence-electron chi connectivity index (χ0n) is 14.5. The number of carbonyl (C=O) groups excluding carboxylic acids is 1. The maximum atomic E-state index is 13.1. The quantitative estimate of drug-likeness (QED) is 0.763. The van der Waals surface area contributed by atoms with Crippen molar-refractivity contribution in [3.63, 3.8) is 0 Å². The molecule has 0 bridgehead atoms. The van der Waals surface area contributed by atoms with Crippen LogP contribution in [0.4, 0.5) is 0 Å². The Labute approximate surface area is 149 Å². The van der Waals surface area contributed by atoms with Gasteiger partial charge in [-0.15, -0.1) is 11.3 Å². The minimum Gasteiger partial charge on any atom is -0.337 e. The van der Waals surface area contributed by atoms with Crippen molar-refractivity contribution >= 4 is 28.3 Å². The molecule has 3 aromatic rings. The van der Waals surface area contributed by atoms with E-state index in [-0.39, 0.29) is 11.9 Å². The average molecular weight is 356 g/mol. The Morgan fingerprint density at radius 3 is 2.80 bits per heavy atom. The molecule has 1 amide bonds. The van der Waals surface area contributed by atoms with Crippen LogP contribution in [-0.2, 0) is 0 Å². The van der Waals surface area contributed by atoms with E-state index in [0.717, 1.165) is 17.7 Å². The molecule has 1 aliphatic rings. The van der Waals surface area contributed by atoms with Gasteiger partial charge in [-0.05, 0) is 39.3 Å². The van der Waals surface area contributed by atoms with Crippen molar-refractivity contribution in [2.45, 2.75) is 33.2 Å².